The summed E-state index contributed by atoms with van der Waals surface area (Å²) in [7, 11) is 0. The number of hydrogen-bond donors (Lipinski definition) is 2. The summed E-state index contributed by atoms with van der Waals surface area (Å²) in [6.07, 6.45) is -1.99. The second-order valence-corrected chi connectivity index (χ2v) is 5.22. The second kappa shape index (κ2) is 6.81. The quantitative estimate of drug-likeness (QED) is 0.874. The van der Waals surface area contributed by atoms with Crippen molar-refractivity contribution in [2.75, 3.05) is 13.1 Å². The topological polar surface area (TPSA) is 93.3 Å². The molecule has 0 radical (unpaired) electrons. The number of dihydropyridines is 1. The van der Waals surface area contributed by atoms with Gasteiger partial charge >= 0.3 is 6.18 Å². The molecule has 2 heterocycles. The van der Waals surface area contributed by atoms with Crippen molar-refractivity contribution in [3.63, 3.8) is 0 Å². The first-order chi connectivity index (χ1) is 11.2. The number of nitrogens with one attached hydrogen (secondary N) is 1. The van der Waals surface area contributed by atoms with Gasteiger partial charge in [0, 0.05) is 18.7 Å². The largest absolute Gasteiger partial charge is 0.432 e. The van der Waals surface area contributed by atoms with E-state index in [1.54, 1.807) is 6.92 Å². The zero-order valence-electron chi connectivity index (χ0n) is 12.9. The van der Waals surface area contributed by atoms with Gasteiger partial charge < -0.3 is 11.1 Å². The average Bonchev–Trinajstić information content (AvgIpc) is 2.52. The number of aromatic nitrogens is 2. The Labute approximate surface area is 136 Å². The van der Waals surface area contributed by atoms with Crippen LogP contribution in [0.5, 0.6) is 0 Å². The molecule has 0 unspecified atom stereocenters. The van der Waals surface area contributed by atoms with Crippen LogP contribution in [0.3, 0.4) is 0 Å². The minimum absolute atomic E-state index is 0.0176. The molecule has 6 nitrogen and oxygen atoms in total. The number of aliphatic imine (C=N–C) groups is 1. The number of carbonyl (C=O) groups excluding carboxylic acids is 1. The number of halogens is 3. The molecule has 0 aromatic carbocycles. The Morgan fingerprint density at radius 3 is 2.67 bits per heavy atom. The minimum Gasteiger partial charge on any atom is -0.397 e. The summed E-state index contributed by atoms with van der Waals surface area (Å²) in [6.45, 7) is 5.21. The van der Waals surface area contributed by atoms with Gasteiger partial charge in [-0.3, -0.25) is 9.79 Å². The van der Waals surface area contributed by atoms with Gasteiger partial charge in [0.25, 0.3) is 5.91 Å². The SMILES string of the molecule is C=C(N)c1ncnc(C(=O)NCC2=CC(C(F)(F)F)=NCC2)c1C. The smallest absolute Gasteiger partial charge is 0.397 e. The zero-order chi connectivity index (χ0) is 17.9. The van der Waals surface area contributed by atoms with Crippen molar-refractivity contribution in [1.82, 2.24) is 15.3 Å². The highest BCUT2D eigenvalue weighted by atomic mass is 19.4. The standard InChI is InChI=1S/C15H16F3N5O/c1-8-12(9(2)19)22-7-23-13(8)14(24)21-6-10-3-4-20-11(5-10)15(16,17)18/h5,7H,2-4,6,19H2,1H3,(H,21,24). The highest BCUT2D eigenvalue weighted by Crippen LogP contribution is 2.22. The number of nitrogens with zero attached hydrogens (tertiary/aromatic N) is 3. The van der Waals surface area contributed by atoms with E-state index in [4.69, 9.17) is 5.73 Å². The molecule has 0 spiro atoms. The first kappa shape index (κ1) is 17.6. The lowest BCUT2D eigenvalue weighted by Crippen LogP contribution is -2.30. The molecular formula is C15H16F3N5O. The summed E-state index contributed by atoms with van der Waals surface area (Å²) in [5.41, 5.74) is 6.22. The molecule has 3 N–H and O–H groups in total. The number of hydrogen-bond acceptors (Lipinski definition) is 5. The molecule has 2 rings (SSSR count). The fourth-order valence-electron chi connectivity index (χ4n) is 2.22. The van der Waals surface area contributed by atoms with Crippen LogP contribution in [-0.4, -0.2) is 40.9 Å². The lowest BCUT2D eigenvalue weighted by molar-refractivity contribution is -0.0580. The van der Waals surface area contributed by atoms with Gasteiger partial charge in [-0.15, -0.1) is 0 Å². The summed E-state index contributed by atoms with van der Waals surface area (Å²) in [5, 5.41) is 2.56. The van der Waals surface area contributed by atoms with E-state index in [1.165, 1.54) is 6.33 Å². The lowest BCUT2D eigenvalue weighted by atomic mass is 10.1. The van der Waals surface area contributed by atoms with Gasteiger partial charge in [-0.05, 0) is 25.0 Å². The third-order valence-electron chi connectivity index (χ3n) is 3.43. The van der Waals surface area contributed by atoms with E-state index in [-0.39, 0.29) is 24.5 Å². The summed E-state index contributed by atoms with van der Waals surface area (Å²) >= 11 is 0. The molecule has 24 heavy (non-hydrogen) atoms. The molecular weight excluding hydrogens is 323 g/mol. The van der Waals surface area contributed by atoms with Crippen molar-refractivity contribution >= 4 is 17.3 Å². The number of amides is 1. The molecule has 0 saturated heterocycles. The summed E-state index contributed by atoms with van der Waals surface area (Å²) in [5.74, 6) is -0.519. The van der Waals surface area contributed by atoms with Crippen molar-refractivity contribution in [2.45, 2.75) is 19.5 Å². The Morgan fingerprint density at radius 1 is 1.38 bits per heavy atom. The number of nitrogens with two attached hydrogens (primary N) is 1. The first-order valence-electron chi connectivity index (χ1n) is 7.05. The molecule has 9 heteroatoms. The number of allylic oxidation sites excluding steroid dienone is 1. The molecule has 1 aromatic rings. The Kier molecular flexibility index (Phi) is 5.01. The Hall–Kier alpha value is -2.71. The molecule has 128 valence electrons. The van der Waals surface area contributed by atoms with E-state index < -0.39 is 17.8 Å². The number of alkyl halides is 3. The fourth-order valence-corrected chi connectivity index (χ4v) is 2.22. The summed E-state index contributed by atoms with van der Waals surface area (Å²) in [6, 6.07) is 0. The van der Waals surface area contributed by atoms with E-state index in [0.717, 1.165) is 6.08 Å². The molecule has 0 saturated carbocycles. The molecule has 0 aliphatic carbocycles. The second-order valence-electron chi connectivity index (χ2n) is 5.22. The lowest BCUT2D eigenvalue weighted by Gasteiger charge is -2.16. The van der Waals surface area contributed by atoms with Gasteiger partial charge in [0.1, 0.15) is 17.7 Å². The van der Waals surface area contributed by atoms with E-state index >= 15 is 0 Å². The molecule has 0 fully saturated rings. The highest BCUT2D eigenvalue weighted by molar-refractivity contribution is 6.00. The molecule has 1 aromatic heterocycles. The van der Waals surface area contributed by atoms with E-state index in [0.29, 0.717) is 23.3 Å². The molecule has 1 amide bonds. The van der Waals surface area contributed by atoms with Crippen molar-refractivity contribution < 1.29 is 18.0 Å². The Morgan fingerprint density at radius 2 is 2.04 bits per heavy atom. The van der Waals surface area contributed by atoms with Crippen molar-refractivity contribution in [3.05, 3.63) is 41.5 Å². The van der Waals surface area contributed by atoms with Crippen LogP contribution in [-0.2, 0) is 0 Å². The predicted molar refractivity (Wildman–Crippen MR) is 83.4 cm³/mol. The molecule has 0 bridgehead atoms. The van der Waals surface area contributed by atoms with E-state index in [9.17, 15) is 18.0 Å². The maximum absolute atomic E-state index is 12.7. The van der Waals surface area contributed by atoms with Gasteiger partial charge in [-0.25, -0.2) is 9.97 Å². The van der Waals surface area contributed by atoms with Crippen LogP contribution >= 0.6 is 0 Å². The molecule has 1 aliphatic rings. The average molecular weight is 339 g/mol. The molecule has 1 aliphatic heterocycles. The maximum atomic E-state index is 12.7. The van der Waals surface area contributed by atoms with Gasteiger partial charge in [0.05, 0.1) is 11.4 Å². The third-order valence-corrected chi connectivity index (χ3v) is 3.43. The number of carbonyl (C=O) groups is 1. The predicted octanol–water partition coefficient (Wildman–Crippen LogP) is 1.78. The highest BCUT2D eigenvalue weighted by Gasteiger charge is 2.35. The third kappa shape index (κ3) is 3.98. The Balaban J connectivity index is 2.09. The van der Waals surface area contributed by atoms with Crippen molar-refractivity contribution in [1.29, 1.82) is 0 Å². The monoisotopic (exact) mass is 339 g/mol. The van der Waals surface area contributed by atoms with Gasteiger partial charge in [0.2, 0.25) is 0 Å². The summed E-state index contributed by atoms with van der Waals surface area (Å²) in [4.78, 5) is 23.5. The van der Waals surface area contributed by atoms with Crippen LogP contribution in [0.25, 0.3) is 5.70 Å². The summed E-state index contributed by atoms with van der Waals surface area (Å²) < 4.78 is 38.0. The van der Waals surface area contributed by atoms with Crippen LogP contribution in [0.4, 0.5) is 13.2 Å². The Bertz CT molecular complexity index is 737. The van der Waals surface area contributed by atoms with Crippen molar-refractivity contribution in [2.24, 2.45) is 10.7 Å². The zero-order valence-corrected chi connectivity index (χ0v) is 12.9. The van der Waals surface area contributed by atoms with Gasteiger partial charge in [0.15, 0.2) is 0 Å². The maximum Gasteiger partial charge on any atom is 0.432 e. The fraction of sp³-hybridized carbons (Fsp3) is 0.333. The van der Waals surface area contributed by atoms with Crippen LogP contribution in [0.1, 0.15) is 28.2 Å². The van der Waals surface area contributed by atoms with Crippen LogP contribution in [0.15, 0.2) is 29.5 Å². The molecule has 0 atom stereocenters. The van der Waals surface area contributed by atoms with E-state index in [1.807, 2.05) is 0 Å². The number of rotatable bonds is 4. The van der Waals surface area contributed by atoms with Crippen molar-refractivity contribution in [3.8, 4) is 0 Å². The first-order valence-corrected chi connectivity index (χ1v) is 7.05. The minimum atomic E-state index is -4.49. The van der Waals surface area contributed by atoms with Crippen LogP contribution < -0.4 is 11.1 Å². The van der Waals surface area contributed by atoms with Crippen LogP contribution in [0, 0.1) is 6.92 Å². The van der Waals surface area contributed by atoms with Crippen LogP contribution in [0.2, 0.25) is 0 Å². The van der Waals surface area contributed by atoms with Gasteiger partial charge in [-0.1, -0.05) is 6.58 Å². The van der Waals surface area contributed by atoms with E-state index in [2.05, 4.69) is 26.9 Å². The normalized spacial score (nSPS) is 14.7. The van der Waals surface area contributed by atoms with Gasteiger partial charge in [-0.2, -0.15) is 13.2 Å².